The number of phenols is 1. The van der Waals surface area contributed by atoms with Gasteiger partial charge in [0, 0.05) is 38.8 Å². The minimum Gasteiger partial charge on any atom is -0.506 e. The molecule has 0 saturated carbocycles. The Morgan fingerprint density at radius 3 is 2.11 bits per heavy atom. The maximum Gasteiger partial charge on any atom is 0.264 e. The zero-order valence-electron chi connectivity index (χ0n) is 18.8. The predicted molar refractivity (Wildman–Crippen MR) is 144 cm³/mol. The minimum absolute atomic E-state index is 0.0818. The summed E-state index contributed by atoms with van der Waals surface area (Å²) in [4.78, 5) is 10.3. The third kappa shape index (κ3) is 3.90. The van der Waals surface area contributed by atoms with Crippen LogP contribution in [0.25, 0.3) is 32.6 Å². The first-order valence-electron chi connectivity index (χ1n) is 11.1. The van der Waals surface area contributed by atoms with Crippen LogP contribution in [0.1, 0.15) is 0 Å². The Balaban J connectivity index is 1.49. The van der Waals surface area contributed by atoms with Crippen molar-refractivity contribution < 1.29 is 13.5 Å². The van der Waals surface area contributed by atoms with Crippen molar-refractivity contribution in [3.63, 3.8) is 0 Å². The fraction of sp³-hybridized carbons (Fsp3) is 0. The van der Waals surface area contributed by atoms with Crippen LogP contribution in [0.3, 0.4) is 0 Å². The van der Waals surface area contributed by atoms with Gasteiger partial charge >= 0.3 is 0 Å². The lowest BCUT2D eigenvalue weighted by Gasteiger charge is -2.16. The van der Waals surface area contributed by atoms with Crippen molar-refractivity contribution in [2.45, 2.75) is 14.7 Å². The summed E-state index contributed by atoms with van der Waals surface area (Å²) in [5, 5.41) is 14.0. The lowest BCUT2D eigenvalue weighted by atomic mass is 10.1. The highest BCUT2D eigenvalue weighted by Gasteiger charge is 2.21. The number of phenolic OH excluding ortho intramolecular Hbond substituents is 1. The van der Waals surface area contributed by atoms with Gasteiger partial charge in [0.25, 0.3) is 10.0 Å². The molecule has 0 fully saturated rings. The number of benzene rings is 4. The first kappa shape index (κ1) is 22.3. The molecule has 2 heterocycles. The average molecular weight is 510 g/mol. The lowest BCUT2D eigenvalue weighted by Crippen LogP contribution is -2.14. The number of fused-ring (bicyclic) bond motifs is 3. The van der Waals surface area contributed by atoms with E-state index in [1.165, 1.54) is 17.8 Å². The number of nitrogens with one attached hydrogen (secondary N) is 1. The van der Waals surface area contributed by atoms with Gasteiger partial charge in [0.15, 0.2) is 0 Å². The summed E-state index contributed by atoms with van der Waals surface area (Å²) in [6.45, 7) is 0. The lowest BCUT2D eigenvalue weighted by molar-refractivity contribution is 0.469. The summed E-state index contributed by atoms with van der Waals surface area (Å²) in [6.07, 6.45) is 3.30. The molecular formula is C28H19N3O3S2. The van der Waals surface area contributed by atoms with E-state index in [9.17, 15) is 13.5 Å². The summed E-state index contributed by atoms with van der Waals surface area (Å²) in [5.41, 5.74) is 1.57. The van der Waals surface area contributed by atoms with Crippen molar-refractivity contribution in [1.82, 2.24) is 9.97 Å². The van der Waals surface area contributed by atoms with Gasteiger partial charge in [-0.05, 0) is 30.3 Å². The van der Waals surface area contributed by atoms with Gasteiger partial charge in [-0.25, -0.2) is 8.42 Å². The number of nitrogens with zero attached hydrogens (tertiary/aromatic N) is 2. The Kier molecular flexibility index (Phi) is 5.47. The molecule has 0 unspecified atom stereocenters. The third-order valence-corrected chi connectivity index (χ3v) is 8.40. The Hall–Kier alpha value is -4.14. The number of anilines is 1. The molecule has 0 atom stereocenters. The SMILES string of the molecule is O=S(=O)(Nc1cc(Sc2cccc3cccnc23)c(O)c2ccccc12)c1cccc2cccnc12. The largest absolute Gasteiger partial charge is 0.506 e. The smallest absolute Gasteiger partial charge is 0.264 e. The standard InChI is InChI=1S/C28H19N3O3S2/c32-28-21-12-2-1-11-20(21)22(17-24(28)35-23-13-3-7-18-9-5-15-29-26(18)23)31-36(33,34)25-14-4-8-19-10-6-16-30-27(19)25/h1-17,31-32H. The molecule has 0 aliphatic heterocycles. The first-order valence-corrected chi connectivity index (χ1v) is 13.4. The zero-order chi connectivity index (χ0) is 24.7. The van der Waals surface area contributed by atoms with E-state index in [4.69, 9.17) is 0 Å². The summed E-state index contributed by atoms with van der Waals surface area (Å²) >= 11 is 1.34. The van der Waals surface area contributed by atoms with E-state index in [-0.39, 0.29) is 10.6 Å². The van der Waals surface area contributed by atoms with Gasteiger partial charge < -0.3 is 5.11 Å². The number of pyridine rings is 2. The van der Waals surface area contributed by atoms with E-state index in [1.54, 1.807) is 48.8 Å². The number of aromatic hydroxyl groups is 1. The molecule has 6 aromatic rings. The molecular weight excluding hydrogens is 490 g/mol. The summed E-state index contributed by atoms with van der Waals surface area (Å²) in [7, 11) is -3.98. The van der Waals surface area contributed by atoms with Crippen molar-refractivity contribution in [3.8, 4) is 5.75 Å². The molecule has 6 rings (SSSR count). The highest BCUT2D eigenvalue weighted by atomic mass is 32.2. The molecule has 0 aliphatic carbocycles. The maximum absolute atomic E-state index is 13.6. The first-order chi connectivity index (χ1) is 17.5. The van der Waals surface area contributed by atoms with Crippen LogP contribution in [0, 0.1) is 0 Å². The average Bonchev–Trinajstić information content (AvgIpc) is 2.91. The van der Waals surface area contributed by atoms with E-state index >= 15 is 0 Å². The molecule has 4 aromatic carbocycles. The Morgan fingerprint density at radius 1 is 0.694 bits per heavy atom. The van der Waals surface area contributed by atoms with Gasteiger partial charge in [0.2, 0.25) is 0 Å². The molecule has 0 amide bonds. The minimum atomic E-state index is -3.98. The number of rotatable bonds is 5. The number of para-hydroxylation sites is 2. The quantitative estimate of drug-likeness (QED) is 0.255. The van der Waals surface area contributed by atoms with E-state index in [0.29, 0.717) is 26.9 Å². The molecule has 2 aromatic heterocycles. The third-order valence-electron chi connectivity index (χ3n) is 5.93. The molecule has 2 N–H and O–H groups in total. The number of aromatic nitrogens is 2. The molecule has 8 heteroatoms. The Labute approximate surface area is 211 Å². The topological polar surface area (TPSA) is 92.2 Å². The molecule has 6 nitrogen and oxygen atoms in total. The fourth-order valence-electron chi connectivity index (χ4n) is 4.27. The molecule has 36 heavy (non-hydrogen) atoms. The summed E-state index contributed by atoms with van der Waals surface area (Å²) in [5.74, 6) is 0.0818. The van der Waals surface area contributed by atoms with Gasteiger partial charge in [-0.2, -0.15) is 0 Å². The second kappa shape index (κ2) is 8.82. The molecule has 0 spiro atoms. The van der Waals surface area contributed by atoms with Crippen LogP contribution >= 0.6 is 11.8 Å². The van der Waals surface area contributed by atoms with E-state index in [2.05, 4.69) is 14.7 Å². The van der Waals surface area contributed by atoms with Gasteiger partial charge in [-0.15, -0.1) is 0 Å². The van der Waals surface area contributed by atoms with Gasteiger partial charge in [-0.3, -0.25) is 14.7 Å². The highest BCUT2D eigenvalue weighted by molar-refractivity contribution is 7.99. The monoisotopic (exact) mass is 509 g/mol. The Bertz CT molecular complexity index is 1880. The van der Waals surface area contributed by atoms with Crippen LogP contribution < -0.4 is 4.72 Å². The second-order valence-electron chi connectivity index (χ2n) is 8.19. The van der Waals surface area contributed by atoms with Crippen LogP contribution in [-0.2, 0) is 10.0 Å². The van der Waals surface area contributed by atoms with Crippen molar-refractivity contribution in [3.05, 3.63) is 103 Å². The zero-order valence-corrected chi connectivity index (χ0v) is 20.4. The number of sulfonamides is 1. The maximum atomic E-state index is 13.6. The number of hydrogen-bond donors (Lipinski definition) is 2. The van der Waals surface area contributed by atoms with Crippen LogP contribution in [0.15, 0.2) is 118 Å². The molecule has 176 valence electrons. The van der Waals surface area contributed by atoms with E-state index in [0.717, 1.165) is 21.2 Å². The van der Waals surface area contributed by atoms with Crippen molar-refractivity contribution in [2.24, 2.45) is 0 Å². The molecule has 0 bridgehead atoms. The van der Waals surface area contributed by atoms with Crippen LogP contribution in [0.4, 0.5) is 5.69 Å². The normalized spacial score (nSPS) is 11.8. The van der Waals surface area contributed by atoms with Crippen molar-refractivity contribution >= 4 is 60.1 Å². The van der Waals surface area contributed by atoms with Gasteiger partial charge in [-0.1, -0.05) is 72.4 Å². The second-order valence-corrected chi connectivity index (χ2v) is 10.9. The highest BCUT2D eigenvalue weighted by Crippen LogP contribution is 2.44. The van der Waals surface area contributed by atoms with Crippen LogP contribution in [0.5, 0.6) is 5.75 Å². The number of hydrogen-bond acceptors (Lipinski definition) is 6. The Morgan fingerprint density at radius 2 is 1.33 bits per heavy atom. The fourth-order valence-corrected chi connectivity index (χ4v) is 6.55. The van der Waals surface area contributed by atoms with Crippen molar-refractivity contribution in [1.29, 1.82) is 0 Å². The van der Waals surface area contributed by atoms with Crippen LogP contribution in [0.2, 0.25) is 0 Å². The molecule has 0 saturated heterocycles. The molecule has 0 radical (unpaired) electrons. The summed E-state index contributed by atoms with van der Waals surface area (Å²) in [6, 6.07) is 27.2. The van der Waals surface area contributed by atoms with E-state index < -0.39 is 10.0 Å². The van der Waals surface area contributed by atoms with Crippen LogP contribution in [-0.4, -0.2) is 23.5 Å². The predicted octanol–water partition coefficient (Wildman–Crippen LogP) is 6.59. The van der Waals surface area contributed by atoms with Gasteiger partial charge in [0.1, 0.15) is 10.6 Å². The van der Waals surface area contributed by atoms with Gasteiger partial charge in [0.05, 0.1) is 21.6 Å². The van der Waals surface area contributed by atoms with E-state index in [1.807, 2.05) is 48.5 Å². The molecule has 0 aliphatic rings. The van der Waals surface area contributed by atoms with Crippen molar-refractivity contribution in [2.75, 3.05) is 4.72 Å². The summed E-state index contributed by atoms with van der Waals surface area (Å²) < 4.78 is 29.9.